The molecule has 2 aromatic heterocycles. The average molecular weight is 594 g/mol. The predicted octanol–water partition coefficient (Wildman–Crippen LogP) is 6.53. The summed E-state index contributed by atoms with van der Waals surface area (Å²) in [7, 11) is 0. The first-order valence-electron chi connectivity index (χ1n) is 13.6. The Bertz CT molecular complexity index is 1670. The summed E-state index contributed by atoms with van der Waals surface area (Å²) in [6.45, 7) is 8.59. The molecule has 0 aliphatic carbocycles. The van der Waals surface area contributed by atoms with Crippen LogP contribution in [0.3, 0.4) is 0 Å². The average Bonchev–Trinajstić information content (AvgIpc) is 3.38. The monoisotopic (exact) mass is 593 g/mol. The van der Waals surface area contributed by atoms with Crippen molar-refractivity contribution in [3.8, 4) is 22.8 Å². The summed E-state index contributed by atoms with van der Waals surface area (Å²) < 4.78 is 13.4. The molecule has 0 saturated carbocycles. The molecule has 12 nitrogen and oxygen atoms in total. The number of nitro groups is 1. The van der Waals surface area contributed by atoms with E-state index in [-0.39, 0.29) is 28.5 Å². The van der Waals surface area contributed by atoms with E-state index in [1.807, 2.05) is 33.9 Å². The van der Waals surface area contributed by atoms with Crippen molar-refractivity contribution >= 4 is 40.1 Å². The largest absolute Gasteiger partial charge is 0.455 e. The van der Waals surface area contributed by atoms with E-state index in [0.717, 1.165) is 24.8 Å². The SMILES string of the molecule is Cc1cc2ncc(-c3cnn(CC4CCCCN4C(=O)OC(C)(C)C)c3)nc2c(Cl)c1Oc1ccc([N+](=O)[O-])c(N)c1. The van der Waals surface area contributed by atoms with Gasteiger partial charge in [0, 0.05) is 30.4 Å². The number of rotatable bonds is 6. The third kappa shape index (κ3) is 6.23. The molecule has 2 aromatic carbocycles. The lowest BCUT2D eigenvalue weighted by atomic mass is 10.0. The molecule has 4 aromatic rings. The van der Waals surface area contributed by atoms with Gasteiger partial charge in [0.25, 0.3) is 5.69 Å². The Balaban J connectivity index is 1.38. The minimum Gasteiger partial charge on any atom is -0.455 e. The van der Waals surface area contributed by atoms with Crippen LogP contribution in [0.5, 0.6) is 11.5 Å². The summed E-state index contributed by atoms with van der Waals surface area (Å²) in [5, 5.41) is 15.9. The van der Waals surface area contributed by atoms with Crippen molar-refractivity contribution in [2.45, 2.75) is 65.1 Å². The molecule has 5 rings (SSSR count). The van der Waals surface area contributed by atoms with Crippen LogP contribution in [-0.2, 0) is 11.3 Å². The topological polar surface area (TPSA) is 152 Å². The Morgan fingerprint density at radius 3 is 2.74 bits per heavy atom. The molecule has 1 aliphatic heterocycles. The number of fused-ring (bicyclic) bond motifs is 1. The first-order chi connectivity index (χ1) is 19.9. The van der Waals surface area contributed by atoms with Crippen LogP contribution in [0.4, 0.5) is 16.2 Å². The molecule has 1 fully saturated rings. The lowest BCUT2D eigenvalue weighted by Crippen LogP contribution is -2.47. The van der Waals surface area contributed by atoms with Gasteiger partial charge in [0.15, 0.2) is 5.75 Å². The second kappa shape index (κ2) is 11.4. The number of nitrogens with zero attached hydrogens (tertiary/aromatic N) is 6. The van der Waals surface area contributed by atoms with Gasteiger partial charge < -0.3 is 20.1 Å². The zero-order valence-electron chi connectivity index (χ0n) is 23.8. The summed E-state index contributed by atoms with van der Waals surface area (Å²) >= 11 is 6.77. The molecule has 0 bridgehead atoms. The number of piperidine rings is 1. The molecule has 0 spiro atoms. The number of hydrogen-bond acceptors (Lipinski definition) is 9. The number of carbonyl (C=O) groups excluding carboxylic acids is 1. The quantitative estimate of drug-likeness (QED) is 0.149. The maximum absolute atomic E-state index is 12.8. The number of anilines is 1. The van der Waals surface area contributed by atoms with Crippen molar-refractivity contribution in [2.24, 2.45) is 0 Å². The number of nitro benzene ring substituents is 1. The molecule has 220 valence electrons. The highest BCUT2D eigenvalue weighted by Crippen LogP contribution is 2.39. The van der Waals surface area contributed by atoms with Crippen molar-refractivity contribution in [1.29, 1.82) is 0 Å². The van der Waals surface area contributed by atoms with E-state index in [2.05, 4.69) is 10.1 Å². The number of aromatic nitrogens is 4. The van der Waals surface area contributed by atoms with Crippen LogP contribution >= 0.6 is 11.6 Å². The number of benzene rings is 2. The van der Waals surface area contributed by atoms with Crippen LogP contribution < -0.4 is 10.5 Å². The first-order valence-corrected chi connectivity index (χ1v) is 14.0. The van der Waals surface area contributed by atoms with Crippen molar-refractivity contribution in [1.82, 2.24) is 24.6 Å². The van der Waals surface area contributed by atoms with Crippen molar-refractivity contribution in [3.63, 3.8) is 0 Å². The summed E-state index contributed by atoms with van der Waals surface area (Å²) in [4.78, 5) is 34.5. The number of ether oxygens (including phenoxy) is 2. The van der Waals surface area contributed by atoms with E-state index in [4.69, 9.17) is 31.8 Å². The fraction of sp³-hybridized carbons (Fsp3) is 0.379. The smallest absolute Gasteiger partial charge is 0.410 e. The minimum atomic E-state index is -0.563. The number of amides is 1. The lowest BCUT2D eigenvalue weighted by Gasteiger charge is -2.36. The molecule has 3 heterocycles. The Morgan fingerprint density at radius 2 is 2.02 bits per heavy atom. The van der Waals surface area contributed by atoms with E-state index < -0.39 is 10.5 Å². The Hall–Kier alpha value is -4.45. The number of halogens is 1. The van der Waals surface area contributed by atoms with Gasteiger partial charge in [-0.1, -0.05) is 11.6 Å². The van der Waals surface area contributed by atoms with Crippen LogP contribution in [0.25, 0.3) is 22.3 Å². The Kier molecular flexibility index (Phi) is 7.91. The summed E-state index contributed by atoms with van der Waals surface area (Å²) in [5.41, 5.74) is 8.07. The molecule has 1 aliphatic rings. The van der Waals surface area contributed by atoms with E-state index in [1.54, 1.807) is 28.0 Å². The molecular weight excluding hydrogens is 562 g/mol. The van der Waals surface area contributed by atoms with Crippen LogP contribution in [0.15, 0.2) is 42.9 Å². The third-order valence-corrected chi connectivity index (χ3v) is 7.27. The lowest BCUT2D eigenvalue weighted by molar-refractivity contribution is -0.383. The molecule has 1 atom stereocenters. The van der Waals surface area contributed by atoms with Crippen LogP contribution in [0.2, 0.25) is 5.02 Å². The second-order valence-electron chi connectivity index (χ2n) is 11.3. The van der Waals surface area contributed by atoms with Gasteiger partial charge in [-0.05, 0) is 64.7 Å². The summed E-state index contributed by atoms with van der Waals surface area (Å²) in [6.07, 6.45) is 7.76. The minimum absolute atomic E-state index is 0.0198. The van der Waals surface area contributed by atoms with Crippen molar-refractivity contribution < 1.29 is 19.2 Å². The second-order valence-corrected chi connectivity index (χ2v) is 11.7. The number of aryl methyl sites for hydroxylation is 1. The first kappa shape index (κ1) is 29.1. The van der Waals surface area contributed by atoms with Gasteiger partial charge in [-0.25, -0.2) is 9.78 Å². The predicted molar refractivity (Wildman–Crippen MR) is 159 cm³/mol. The molecule has 1 amide bonds. The van der Waals surface area contributed by atoms with Gasteiger partial charge in [0.05, 0.1) is 41.1 Å². The molecule has 1 saturated heterocycles. The van der Waals surface area contributed by atoms with Gasteiger partial charge in [-0.2, -0.15) is 5.10 Å². The van der Waals surface area contributed by atoms with E-state index in [0.29, 0.717) is 46.9 Å². The summed E-state index contributed by atoms with van der Waals surface area (Å²) in [5.74, 6) is 0.648. The Morgan fingerprint density at radius 1 is 1.24 bits per heavy atom. The summed E-state index contributed by atoms with van der Waals surface area (Å²) in [6, 6.07) is 5.89. The van der Waals surface area contributed by atoms with Crippen LogP contribution in [0, 0.1) is 17.0 Å². The fourth-order valence-electron chi connectivity index (χ4n) is 4.92. The highest BCUT2D eigenvalue weighted by Gasteiger charge is 2.31. The molecule has 1 unspecified atom stereocenters. The van der Waals surface area contributed by atoms with Crippen molar-refractivity contribution in [2.75, 3.05) is 12.3 Å². The number of hydrogen-bond donors (Lipinski definition) is 1. The fourth-order valence-corrected chi connectivity index (χ4v) is 5.25. The molecule has 2 N–H and O–H groups in total. The van der Waals surface area contributed by atoms with Crippen LogP contribution in [0.1, 0.15) is 45.6 Å². The number of nitrogens with two attached hydrogens (primary N) is 1. The van der Waals surface area contributed by atoms with Crippen LogP contribution in [-0.4, -0.2) is 53.9 Å². The zero-order chi connectivity index (χ0) is 30.2. The maximum atomic E-state index is 12.8. The third-order valence-electron chi connectivity index (χ3n) is 6.92. The number of likely N-dealkylation sites (tertiary alicyclic amines) is 1. The van der Waals surface area contributed by atoms with Gasteiger partial charge >= 0.3 is 6.09 Å². The van der Waals surface area contributed by atoms with E-state index >= 15 is 0 Å². The normalized spacial score (nSPS) is 15.5. The Labute approximate surface area is 247 Å². The number of nitrogen functional groups attached to an aromatic ring is 1. The maximum Gasteiger partial charge on any atom is 0.410 e. The zero-order valence-corrected chi connectivity index (χ0v) is 24.6. The van der Waals surface area contributed by atoms with Gasteiger partial charge in [0.2, 0.25) is 0 Å². The molecule has 0 radical (unpaired) electrons. The van der Waals surface area contributed by atoms with E-state index in [1.165, 1.54) is 18.2 Å². The van der Waals surface area contributed by atoms with E-state index in [9.17, 15) is 14.9 Å². The molecule has 13 heteroatoms. The van der Waals surface area contributed by atoms with Gasteiger partial charge in [-0.3, -0.25) is 19.8 Å². The highest BCUT2D eigenvalue weighted by molar-refractivity contribution is 6.36. The highest BCUT2D eigenvalue weighted by atomic mass is 35.5. The number of carbonyl (C=O) groups is 1. The van der Waals surface area contributed by atoms with Gasteiger partial charge in [0.1, 0.15) is 27.6 Å². The standard InChI is InChI=1S/C29H32ClN7O5/c1-17-11-22-26(25(30)27(17)41-20-8-9-24(37(39)40)21(31)12-20)34-23(14-32-22)18-13-33-35(15-18)16-19-7-5-6-10-36(19)28(38)42-29(2,3)4/h8-9,11-15,19H,5-7,10,16,31H2,1-4H3. The van der Waals surface area contributed by atoms with Gasteiger partial charge in [-0.15, -0.1) is 0 Å². The molecular formula is C29H32ClN7O5. The molecule has 42 heavy (non-hydrogen) atoms. The van der Waals surface area contributed by atoms with Crippen molar-refractivity contribution in [3.05, 3.63) is 63.6 Å².